The molecule has 1 aromatic heterocycles. The van der Waals surface area contributed by atoms with Crippen LogP contribution in [0.5, 0.6) is 0 Å². The summed E-state index contributed by atoms with van der Waals surface area (Å²) in [6.45, 7) is 5.09. The van der Waals surface area contributed by atoms with Crippen molar-refractivity contribution in [2.45, 2.75) is 26.2 Å². The Morgan fingerprint density at radius 1 is 1.35 bits per heavy atom. The molecule has 20 heavy (non-hydrogen) atoms. The molecule has 3 N–H and O–H groups in total. The number of H-pyrrole nitrogens is 1. The second-order valence-electron chi connectivity index (χ2n) is 5.37. The minimum Gasteiger partial charge on any atom is -0.384 e. The first kappa shape index (κ1) is 12.7. The van der Waals surface area contributed by atoms with Crippen molar-refractivity contribution in [2.75, 3.05) is 17.2 Å². The average molecular weight is 270 g/mol. The third kappa shape index (κ3) is 2.39. The first-order valence-electron chi connectivity index (χ1n) is 6.87. The molecule has 0 unspecified atom stereocenters. The summed E-state index contributed by atoms with van der Waals surface area (Å²) in [5, 5.41) is 13.1. The molecule has 3 rings (SSSR count). The molecule has 0 saturated carbocycles. The van der Waals surface area contributed by atoms with Crippen molar-refractivity contribution < 1.29 is 4.79 Å². The molecule has 0 saturated heterocycles. The van der Waals surface area contributed by atoms with E-state index >= 15 is 0 Å². The highest BCUT2D eigenvalue weighted by molar-refractivity contribution is 6.04. The molecule has 1 aliphatic rings. The number of carbonyl (C=O) groups is 1. The first-order chi connectivity index (χ1) is 9.63. The Morgan fingerprint density at radius 3 is 2.95 bits per heavy atom. The number of aromatic amines is 1. The number of nitrogens with zero attached hydrogens (tertiary/aromatic N) is 1. The molecule has 1 aromatic carbocycles. The normalized spacial score (nSPS) is 13.2. The molecule has 5 heteroatoms. The molecule has 1 amide bonds. The zero-order valence-electron chi connectivity index (χ0n) is 11.7. The van der Waals surface area contributed by atoms with E-state index in [-0.39, 0.29) is 5.91 Å². The van der Waals surface area contributed by atoms with Gasteiger partial charge in [0.15, 0.2) is 5.82 Å². The maximum atomic E-state index is 12.2. The predicted molar refractivity (Wildman–Crippen MR) is 79.3 cm³/mol. The van der Waals surface area contributed by atoms with Gasteiger partial charge in [-0.15, -0.1) is 0 Å². The third-order valence-electron chi connectivity index (χ3n) is 3.54. The van der Waals surface area contributed by atoms with Gasteiger partial charge >= 0.3 is 0 Å². The summed E-state index contributed by atoms with van der Waals surface area (Å²) >= 11 is 0. The van der Waals surface area contributed by atoms with E-state index in [1.54, 1.807) is 0 Å². The van der Waals surface area contributed by atoms with Gasteiger partial charge in [0.2, 0.25) is 0 Å². The lowest BCUT2D eigenvalue weighted by Gasteiger charge is -2.05. The van der Waals surface area contributed by atoms with Crippen molar-refractivity contribution in [1.82, 2.24) is 10.2 Å². The molecule has 5 nitrogen and oxygen atoms in total. The van der Waals surface area contributed by atoms with Crippen LogP contribution in [0.3, 0.4) is 0 Å². The smallest absolute Gasteiger partial charge is 0.256 e. The number of hydrogen-bond donors (Lipinski definition) is 3. The van der Waals surface area contributed by atoms with Gasteiger partial charge in [-0.3, -0.25) is 9.89 Å². The second kappa shape index (κ2) is 5.00. The minimum absolute atomic E-state index is 0.136. The fourth-order valence-electron chi connectivity index (χ4n) is 2.32. The Balaban J connectivity index is 1.75. The van der Waals surface area contributed by atoms with Crippen molar-refractivity contribution in [3.8, 4) is 0 Å². The molecule has 104 valence electrons. The number of anilines is 2. The zero-order chi connectivity index (χ0) is 14.1. The number of fused-ring (bicyclic) bond motifs is 1. The van der Waals surface area contributed by atoms with Crippen LogP contribution < -0.4 is 10.6 Å². The number of rotatable bonds is 3. The molecule has 2 aromatic rings. The first-order valence-corrected chi connectivity index (χ1v) is 6.87. The number of nitrogens with one attached hydrogen (secondary N) is 3. The van der Waals surface area contributed by atoms with Crippen LogP contribution in [0, 0.1) is 0 Å². The van der Waals surface area contributed by atoms with Gasteiger partial charge in [-0.1, -0.05) is 19.9 Å². The summed E-state index contributed by atoms with van der Waals surface area (Å²) < 4.78 is 0. The lowest BCUT2D eigenvalue weighted by molar-refractivity contribution is 0.102. The largest absolute Gasteiger partial charge is 0.384 e. The summed E-state index contributed by atoms with van der Waals surface area (Å²) in [6.07, 6.45) is 1.02. The number of benzene rings is 1. The Labute approximate surface area is 117 Å². The van der Waals surface area contributed by atoms with Crippen LogP contribution in [0.4, 0.5) is 11.5 Å². The fraction of sp³-hybridized carbons (Fsp3) is 0.333. The monoisotopic (exact) mass is 270 g/mol. The zero-order valence-corrected chi connectivity index (χ0v) is 11.7. The van der Waals surface area contributed by atoms with Gasteiger partial charge in [-0.2, -0.15) is 5.10 Å². The van der Waals surface area contributed by atoms with Gasteiger partial charge < -0.3 is 10.6 Å². The molecule has 0 fully saturated rings. The lowest BCUT2D eigenvalue weighted by Crippen LogP contribution is -2.12. The SMILES string of the molecule is CC(C)c1cc(NC(=O)c2ccc3c(c2)NCC3)n[nH]1. The van der Waals surface area contributed by atoms with Crippen LogP contribution in [0.25, 0.3) is 0 Å². The van der Waals surface area contributed by atoms with Crippen LogP contribution in [0.1, 0.15) is 41.4 Å². The van der Waals surface area contributed by atoms with Gasteiger partial charge in [0.05, 0.1) is 0 Å². The van der Waals surface area contributed by atoms with E-state index in [0.717, 1.165) is 24.3 Å². The van der Waals surface area contributed by atoms with Crippen molar-refractivity contribution in [3.63, 3.8) is 0 Å². The van der Waals surface area contributed by atoms with Gasteiger partial charge in [-0.25, -0.2) is 0 Å². The highest BCUT2D eigenvalue weighted by Crippen LogP contribution is 2.23. The molecule has 0 radical (unpaired) electrons. The summed E-state index contributed by atoms with van der Waals surface area (Å²) in [4.78, 5) is 12.2. The summed E-state index contributed by atoms with van der Waals surface area (Å²) in [5.74, 6) is 0.785. The fourth-order valence-corrected chi connectivity index (χ4v) is 2.32. The second-order valence-corrected chi connectivity index (χ2v) is 5.37. The van der Waals surface area contributed by atoms with Crippen molar-refractivity contribution >= 4 is 17.4 Å². The number of carbonyl (C=O) groups excluding carboxylic acids is 1. The van der Waals surface area contributed by atoms with Crippen molar-refractivity contribution in [1.29, 1.82) is 0 Å². The molecular weight excluding hydrogens is 252 g/mol. The highest BCUT2D eigenvalue weighted by Gasteiger charge is 2.14. The van der Waals surface area contributed by atoms with E-state index in [0.29, 0.717) is 17.3 Å². The third-order valence-corrected chi connectivity index (χ3v) is 3.54. The van der Waals surface area contributed by atoms with Gasteiger partial charge in [0, 0.05) is 29.6 Å². The summed E-state index contributed by atoms with van der Waals surface area (Å²) in [7, 11) is 0. The predicted octanol–water partition coefficient (Wildman–Crippen LogP) is 2.75. The maximum Gasteiger partial charge on any atom is 0.256 e. The Morgan fingerprint density at radius 2 is 2.20 bits per heavy atom. The Kier molecular flexibility index (Phi) is 3.18. The van der Waals surface area contributed by atoms with Crippen LogP contribution in [0.15, 0.2) is 24.3 Å². The molecule has 0 spiro atoms. The van der Waals surface area contributed by atoms with Crippen LogP contribution >= 0.6 is 0 Å². The van der Waals surface area contributed by atoms with E-state index in [4.69, 9.17) is 0 Å². The molecule has 0 atom stereocenters. The van der Waals surface area contributed by atoms with Crippen LogP contribution in [-0.2, 0) is 6.42 Å². The topological polar surface area (TPSA) is 69.8 Å². The number of hydrogen-bond acceptors (Lipinski definition) is 3. The molecule has 2 heterocycles. The summed E-state index contributed by atoms with van der Waals surface area (Å²) in [6, 6.07) is 7.63. The van der Waals surface area contributed by atoms with Crippen molar-refractivity contribution in [2.24, 2.45) is 0 Å². The van der Waals surface area contributed by atoms with Crippen LogP contribution in [-0.4, -0.2) is 22.6 Å². The van der Waals surface area contributed by atoms with E-state index in [2.05, 4.69) is 34.7 Å². The maximum absolute atomic E-state index is 12.2. The quantitative estimate of drug-likeness (QED) is 0.803. The van der Waals surface area contributed by atoms with Gasteiger partial charge in [-0.05, 0) is 30.0 Å². The molecule has 0 bridgehead atoms. The van der Waals surface area contributed by atoms with E-state index in [9.17, 15) is 4.79 Å². The summed E-state index contributed by atoms with van der Waals surface area (Å²) in [5.41, 5.74) is 3.98. The Hall–Kier alpha value is -2.30. The van der Waals surface area contributed by atoms with E-state index in [1.165, 1.54) is 5.56 Å². The van der Waals surface area contributed by atoms with E-state index in [1.807, 2.05) is 24.3 Å². The number of amides is 1. The standard InChI is InChI=1S/C15H18N4O/c1-9(2)12-8-14(19-18-12)17-15(20)11-4-3-10-5-6-16-13(10)7-11/h3-4,7-9,16H,5-6H2,1-2H3,(H2,17,18,19,20). The molecule has 0 aliphatic carbocycles. The minimum atomic E-state index is -0.136. The van der Waals surface area contributed by atoms with Crippen LogP contribution in [0.2, 0.25) is 0 Å². The lowest BCUT2D eigenvalue weighted by atomic mass is 10.1. The highest BCUT2D eigenvalue weighted by atomic mass is 16.1. The van der Waals surface area contributed by atoms with Gasteiger partial charge in [0.25, 0.3) is 5.91 Å². The Bertz CT molecular complexity index is 645. The average Bonchev–Trinajstić information content (AvgIpc) is 3.05. The molecular formula is C15H18N4O. The van der Waals surface area contributed by atoms with Crippen molar-refractivity contribution in [3.05, 3.63) is 41.1 Å². The molecule has 1 aliphatic heterocycles. The number of aromatic nitrogens is 2. The van der Waals surface area contributed by atoms with Gasteiger partial charge in [0.1, 0.15) is 0 Å². The van der Waals surface area contributed by atoms with E-state index < -0.39 is 0 Å².